The normalized spacial score (nSPS) is 13.1. The Labute approximate surface area is 132 Å². The molecular formula is C16H16INO2. The molecule has 2 aromatic rings. The second-order valence-corrected chi connectivity index (χ2v) is 6.04. The van der Waals surface area contributed by atoms with E-state index >= 15 is 0 Å². The summed E-state index contributed by atoms with van der Waals surface area (Å²) < 4.78 is 12.4. The molecule has 0 amide bonds. The van der Waals surface area contributed by atoms with E-state index in [2.05, 4.69) is 59.1 Å². The molecule has 0 saturated heterocycles. The number of fused-ring (bicyclic) bond motifs is 1. The Balaban J connectivity index is 1.72. The fraction of sp³-hybridized carbons (Fsp3) is 0.250. The Hall–Kier alpha value is -1.43. The molecule has 1 aliphatic heterocycles. The first-order valence-corrected chi connectivity index (χ1v) is 7.69. The topological polar surface area (TPSA) is 30.5 Å². The van der Waals surface area contributed by atoms with Crippen molar-refractivity contribution in [2.75, 3.05) is 18.5 Å². The molecule has 1 N–H and O–H groups in total. The minimum absolute atomic E-state index is 0.625. The summed E-state index contributed by atoms with van der Waals surface area (Å²) in [6.07, 6.45) is 0. The number of nitrogens with one attached hydrogen (secondary N) is 1. The summed E-state index contributed by atoms with van der Waals surface area (Å²) in [5.74, 6) is 1.68. The molecule has 3 nitrogen and oxygen atoms in total. The van der Waals surface area contributed by atoms with Crippen molar-refractivity contribution in [2.45, 2.75) is 13.5 Å². The summed E-state index contributed by atoms with van der Waals surface area (Å²) >= 11 is 2.33. The highest BCUT2D eigenvalue weighted by molar-refractivity contribution is 14.1. The van der Waals surface area contributed by atoms with E-state index in [-0.39, 0.29) is 0 Å². The van der Waals surface area contributed by atoms with Gasteiger partial charge in [0.15, 0.2) is 11.5 Å². The van der Waals surface area contributed by atoms with Crippen LogP contribution in [0.25, 0.3) is 0 Å². The molecule has 1 heterocycles. The molecule has 0 bridgehead atoms. The quantitative estimate of drug-likeness (QED) is 0.816. The molecule has 1 aliphatic rings. The van der Waals surface area contributed by atoms with E-state index in [1.54, 1.807) is 0 Å². The zero-order valence-electron chi connectivity index (χ0n) is 11.3. The van der Waals surface area contributed by atoms with Gasteiger partial charge in [0, 0.05) is 15.8 Å². The number of hydrogen-bond donors (Lipinski definition) is 1. The highest BCUT2D eigenvalue weighted by Gasteiger charge is 2.11. The van der Waals surface area contributed by atoms with Crippen molar-refractivity contribution >= 4 is 28.3 Å². The number of ether oxygens (including phenoxy) is 2. The number of hydrogen-bond acceptors (Lipinski definition) is 3. The van der Waals surface area contributed by atoms with Crippen molar-refractivity contribution in [3.8, 4) is 11.5 Å². The third-order valence-corrected chi connectivity index (χ3v) is 3.95. The number of benzene rings is 2. The summed E-state index contributed by atoms with van der Waals surface area (Å²) in [5, 5.41) is 3.46. The fourth-order valence-electron chi connectivity index (χ4n) is 2.22. The Kier molecular flexibility index (Phi) is 4.00. The standard InChI is InChI=1S/C16H16INO2/c1-11-8-13(17)3-4-14(11)18-10-12-2-5-15-16(9-12)20-7-6-19-15/h2-5,8-9,18H,6-7,10H2,1H3. The van der Waals surface area contributed by atoms with Gasteiger partial charge in [0.05, 0.1) is 0 Å². The Morgan fingerprint density at radius 3 is 2.65 bits per heavy atom. The number of anilines is 1. The highest BCUT2D eigenvalue weighted by atomic mass is 127. The molecule has 0 aromatic heterocycles. The van der Waals surface area contributed by atoms with Crippen molar-refractivity contribution in [1.82, 2.24) is 0 Å². The van der Waals surface area contributed by atoms with Crippen LogP contribution in [0.1, 0.15) is 11.1 Å². The zero-order chi connectivity index (χ0) is 13.9. The molecular weight excluding hydrogens is 365 g/mol. The van der Waals surface area contributed by atoms with Crippen LogP contribution in [0, 0.1) is 10.5 Å². The van der Waals surface area contributed by atoms with Crippen molar-refractivity contribution in [3.63, 3.8) is 0 Å². The Morgan fingerprint density at radius 2 is 1.85 bits per heavy atom. The first kappa shape index (κ1) is 13.5. The first-order valence-electron chi connectivity index (χ1n) is 6.61. The largest absolute Gasteiger partial charge is 0.486 e. The summed E-state index contributed by atoms with van der Waals surface area (Å²) in [5.41, 5.74) is 3.61. The average Bonchev–Trinajstić information content (AvgIpc) is 2.46. The molecule has 0 radical (unpaired) electrons. The molecule has 0 fully saturated rings. The van der Waals surface area contributed by atoms with Gasteiger partial charge in [-0.3, -0.25) is 0 Å². The third kappa shape index (κ3) is 3.00. The maximum Gasteiger partial charge on any atom is 0.161 e. The van der Waals surface area contributed by atoms with Crippen molar-refractivity contribution in [1.29, 1.82) is 0 Å². The minimum atomic E-state index is 0.625. The summed E-state index contributed by atoms with van der Waals surface area (Å²) in [6, 6.07) is 12.5. The van der Waals surface area contributed by atoms with Gasteiger partial charge in [-0.1, -0.05) is 6.07 Å². The van der Waals surface area contributed by atoms with E-state index < -0.39 is 0 Å². The molecule has 4 heteroatoms. The summed E-state index contributed by atoms with van der Waals surface area (Å²) in [4.78, 5) is 0. The lowest BCUT2D eigenvalue weighted by Gasteiger charge is -2.19. The monoisotopic (exact) mass is 381 g/mol. The molecule has 0 spiro atoms. The van der Waals surface area contributed by atoms with Crippen molar-refractivity contribution in [2.24, 2.45) is 0 Å². The highest BCUT2D eigenvalue weighted by Crippen LogP contribution is 2.31. The second-order valence-electron chi connectivity index (χ2n) is 4.79. The van der Waals surface area contributed by atoms with Gasteiger partial charge in [-0.05, 0) is 71.0 Å². The molecule has 0 saturated carbocycles. The first-order chi connectivity index (χ1) is 9.72. The maximum atomic E-state index is 5.60. The van der Waals surface area contributed by atoms with Crippen molar-refractivity contribution < 1.29 is 9.47 Å². The van der Waals surface area contributed by atoms with Crippen LogP contribution in [0.15, 0.2) is 36.4 Å². The van der Waals surface area contributed by atoms with Gasteiger partial charge in [-0.15, -0.1) is 0 Å². The molecule has 20 heavy (non-hydrogen) atoms. The number of halogens is 1. The summed E-state index contributed by atoms with van der Waals surface area (Å²) in [6.45, 7) is 4.15. The van der Waals surface area contributed by atoms with Gasteiger partial charge in [0.2, 0.25) is 0 Å². The Morgan fingerprint density at radius 1 is 1.05 bits per heavy atom. The molecule has 3 rings (SSSR count). The van der Waals surface area contributed by atoms with Gasteiger partial charge in [-0.2, -0.15) is 0 Å². The van der Waals surface area contributed by atoms with E-state index in [9.17, 15) is 0 Å². The zero-order valence-corrected chi connectivity index (χ0v) is 13.4. The van der Waals surface area contributed by atoms with Gasteiger partial charge in [-0.25, -0.2) is 0 Å². The van der Waals surface area contributed by atoms with Crippen LogP contribution >= 0.6 is 22.6 Å². The lowest BCUT2D eigenvalue weighted by molar-refractivity contribution is 0.171. The predicted octanol–water partition coefficient (Wildman–Crippen LogP) is 3.98. The Bertz CT molecular complexity index is 628. The van der Waals surface area contributed by atoms with Gasteiger partial charge in [0.1, 0.15) is 13.2 Å². The fourth-order valence-corrected chi connectivity index (χ4v) is 2.87. The van der Waals surface area contributed by atoms with Gasteiger partial charge < -0.3 is 14.8 Å². The third-order valence-electron chi connectivity index (χ3n) is 3.28. The van der Waals surface area contributed by atoms with Gasteiger partial charge in [0.25, 0.3) is 0 Å². The molecule has 0 aliphatic carbocycles. The molecule has 0 atom stereocenters. The molecule has 104 valence electrons. The van der Waals surface area contributed by atoms with Crippen LogP contribution in [-0.2, 0) is 6.54 Å². The molecule has 0 unspecified atom stereocenters. The van der Waals surface area contributed by atoms with E-state index in [1.165, 1.54) is 20.4 Å². The van der Waals surface area contributed by atoms with Crippen LogP contribution in [0.2, 0.25) is 0 Å². The smallest absolute Gasteiger partial charge is 0.161 e. The predicted molar refractivity (Wildman–Crippen MR) is 88.7 cm³/mol. The van der Waals surface area contributed by atoms with Crippen LogP contribution in [0.5, 0.6) is 11.5 Å². The van der Waals surface area contributed by atoms with E-state index in [1.807, 2.05) is 12.1 Å². The minimum Gasteiger partial charge on any atom is -0.486 e. The van der Waals surface area contributed by atoms with Crippen LogP contribution in [0.4, 0.5) is 5.69 Å². The van der Waals surface area contributed by atoms with E-state index in [4.69, 9.17) is 9.47 Å². The summed E-state index contributed by atoms with van der Waals surface area (Å²) in [7, 11) is 0. The van der Waals surface area contributed by atoms with E-state index in [0.717, 1.165) is 18.0 Å². The number of rotatable bonds is 3. The lowest BCUT2D eigenvalue weighted by Crippen LogP contribution is -2.15. The maximum absolute atomic E-state index is 5.60. The second kappa shape index (κ2) is 5.91. The molecule has 2 aromatic carbocycles. The average molecular weight is 381 g/mol. The van der Waals surface area contributed by atoms with Crippen molar-refractivity contribution in [3.05, 3.63) is 51.1 Å². The van der Waals surface area contributed by atoms with Crippen LogP contribution in [0.3, 0.4) is 0 Å². The van der Waals surface area contributed by atoms with Crippen LogP contribution in [-0.4, -0.2) is 13.2 Å². The van der Waals surface area contributed by atoms with Gasteiger partial charge >= 0.3 is 0 Å². The van der Waals surface area contributed by atoms with E-state index in [0.29, 0.717) is 13.2 Å². The number of aryl methyl sites for hydroxylation is 1. The SMILES string of the molecule is Cc1cc(I)ccc1NCc1ccc2c(c1)OCCO2. The lowest BCUT2D eigenvalue weighted by atomic mass is 10.1. The van der Waals surface area contributed by atoms with Crippen LogP contribution < -0.4 is 14.8 Å².